The summed E-state index contributed by atoms with van der Waals surface area (Å²) in [5.74, 6) is 0.890. The van der Waals surface area contributed by atoms with Crippen molar-refractivity contribution >= 4 is 11.7 Å². The molecule has 0 radical (unpaired) electrons. The van der Waals surface area contributed by atoms with Crippen LogP contribution in [0.1, 0.15) is 48.2 Å². The number of aryl methyl sites for hydroxylation is 1. The summed E-state index contributed by atoms with van der Waals surface area (Å²) in [6.45, 7) is 0. The Hall–Kier alpha value is -1.45. The lowest BCUT2D eigenvalue weighted by molar-refractivity contribution is 0.0981. The molecule has 0 bridgehead atoms. The van der Waals surface area contributed by atoms with Gasteiger partial charge in [-0.2, -0.15) is 0 Å². The molecule has 0 amide bonds. The molecule has 2 aliphatic carbocycles. The molecular formula is C12H15N3O. The number of nitrogens with one attached hydrogen (secondary N) is 1. The molecule has 0 spiro atoms. The monoisotopic (exact) mass is 217 g/mol. The SMILES string of the molecule is O=C1CCCCc2nc(NC3CC3)ncc21. The Morgan fingerprint density at radius 2 is 2.06 bits per heavy atom. The maximum Gasteiger partial charge on any atom is 0.223 e. The molecule has 1 aromatic heterocycles. The van der Waals surface area contributed by atoms with E-state index in [0.29, 0.717) is 18.4 Å². The standard InChI is InChI=1S/C12H15N3O/c16-11-4-2-1-3-10-9(11)7-13-12(15-10)14-8-5-6-8/h7-8H,1-6H2,(H,13,14,15). The van der Waals surface area contributed by atoms with E-state index in [2.05, 4.69) is 15.3 Å². The fourth-order valence-electron chi connectivity index (χ4n) is 2.03. The number of carbonyl (C=O) groups excluding carboxylic acids is 1. The van der Waals surface area contributed by atoms with Gasteiger partial charge in [0.15, 0.2) is 5.78 Å². The number of hydrogen-bond donors (Lipinski definition) is 1. The zero-order valence-electron chi connectivity index (χ0n) is 9.20. The Labute approximate surface area is 94.5 Å². The van der Waals surface area contributed by atoms with Crippen LogP contribution < -0.4 is 5.32 Å². The normalized spacial score (nSPS) is 20.1. The Balaban J connectivity index is 1.89. The number of fused-ring (bicyclic) bond motifs is 1. The second-order valence-corrected chi connectivity index (χ2v) is 4.60. The highest BCUT2D eigenvalue weighted by Gasteiger charge is 2.23. The van der Waals surface area contributed by atoms with Gasteiger partial charge in [0, 0.05) is 18.7 Å². The first-order valence-corrected chi connectivity index (χ1v) is 5.98. The van der Waals surface area contributed by atoms with E-state index in [4.69, 9.17) is 0 Å². The zero-order valence-corrected chi connectivity index (χ0v) is 9.20. The molecule has 4 heteroatoms. The number of aromatic nitrogens is 2. The average Bonchev–Trinajstić information content (AvgIpc) is 3.08. The topological polar surface area (TPSA) is 54.9 Å². The number of nitrogens with zero attached hydrogens (tertiary/aromatic N) is 2. The van der Waals surface area contributed by atoms with Crippen molar-refractivity contribution in [2.45, 2.75) is 44.6 Å². The predicted octanol–water partition coefficient (Wildman–Crippen LogP) is 1.96. The van der Waals surface area contributed by atoms with E-state index < -0.39 is 0 Å². The first-order valence-electron chi connectivity index (χ1n) is 5.98. The molecule has 1 fully saturated rings. The molecule has 2 aliphatic rings. The quantitative estimate of drug-likeness (QED) is 0.769. The van der Waals surface area contributed by atoms with Crippen molar-refractivity contribution in [3.8, 4) is 0 Å². The van der Waals surface area contributed by atoms with E-state index in [0.717, 1.165) is 30.5 Å². The number of carbonyl (C=O) groups is 1. The fraction of sp³-hybridized carbons (Fsp3) is 0.583. The Kier molecular flexibility index (Phi) is 2.35. The lowest BCUT2D eigenvalue weighted by Crippen LogP contribution is -2.10. The smallest absolute Gasteiger partial charge is 0.223 e. The third-order valence-electron chi connectivity index (χ3n) is 3.15. The first kappa shape index (κ1) is 9.75. The van der Waals surface area contributed by atoms with Gasteiger partial charge in [-0.3, -0.25) is 4.79 Å². The maximum absolute atomic E-state index is 11.8. The van der Waals surface area contributed by atoms with Crippen LogP contribution in [0.2, 0.25) is 0 Å². The highest BCUT2D eigenvalue weighted by molar-refractivity contribution is 5.97. The molecule has 0 unspecified atom stereocenters. The third kappa shape index (κ3) is 1.92. The Morgan fingerprint density at radius 1 is 1.25 bits per heavy atom. The van der Waals surface area contributed by atoms with Gasteiger partial charge in [-0.15, -0.1) is 0 Å². The molecular weight excluding hydrogens is 202 g/mol. The summed E-state index contributed by atoms with van der Waals surface area (Å²) >= 11 is 0. The second-order valence-electron chi connectivity index (χ2n) is 4.60. The molecule has 1 saturated carbocycles. The Bertz CT molecular complexity index is 426. The van der Waals surface area contributed by atoms with E-state index in [1.165, 1.54) is 12.8 Å². The third-order valence-corrected chi connectivity index (χ3v) is 3.15. The molecule has 0 atom stereocenters. The fourth-order valence-corrected chi connectivity index (χ4v) is 2.03. The molecule has 0 aromatic carbocycles. The van der Waals surface area contributed by atoms with Gasteiger partial charge in [0.2, 0.25) is 5.95 Å². The largest absolute Gasteiger partial charge is 0.351 e. The van der Waals surface area contributed by atoms with Gasteiger partial charge in [-0.1, -0.05) is 0 Å². The number of Topliss-reactive ketones (excluding diaryl/α,β-unsaturated/α-hetero) is 1. The lowest BCUT2D eigenvalue weighted by Gasteiger charge is -2.07. The minimum atomic E-state index is 0.200. The molecule has 1 aromatic rings. The van der Waals surface area contributed by atoms with Gasteiger partial charge < -0.3 is 5.32 Å². The van der Waals surface area contributed by atoms with Gasteiger partial charge in [-0.05, 0) is 32.1 Å². The summed E-state index contributed by atoms with van der Waals surface area (Å²) in [5.41, 5.74) is 1.67. The summed E-state index contributed by atoms with van der Waals surface area (Å²) in [6, 6.07) is 0.555. The van der Waals surface area contributed by atoms with Crippen molar-refractivity contribution in [1.29, 1.82) is 0 Å². The predicted molar refractivity (Wildman–Crippen MR) is 60.6 cm³/mol. The highest BCUT2D eigenvalue weighted by Crippen LogP contribution is 2.24. The minimum absolute atomic E-state index is 0.200. The van der Waals surface area contributed by atoms with Crippen LogP contribution in [0.3, 0.4) is 0 Å². The van der Waals surface area contributed by atoms with Crippen molar-refractivity contribution in [2.75, 3.05) is 5.32 Å². The summed E-state index contributed by atoms with van der Waals surface area (Å²) in [7, 11) is 0. The van der Waals surface area contributed by atoms with E-state index >= 15 is 0 Å². The van der Waals surface area contributed by atoms with Crippen molar-refractivity contribution in [3.05, 3.63) is 17.5 Å². The highest BCUT2D eigenvalue weighted by atomic mass is 16.1. The maximum atomic E-state index is 11.8. The van der Waals surface area contributed by atoms with Crippen LogP contribution >= 0.6 is 0 Å². The van der Waals surface area contributed by atoms with Crippen LogP contribution in [0.5, 0.6) is 0 Å². The zero-order chi connectivity index (χ0) is 11.0. The van der Waals surface area contributed by atoms with Crippen LogP contribution in [-0.2, 0) is 6.42 Å². The van der Waals surface area contributed by atoms with E-state index in [1.807, 2.05) is 0 Å². The van der Waals surface area contributed by atoms with Gasteiger partial charge >= 0.3 is 0 Å². The first-order chi connectivity index (χ1) is 7.83. The molecule has 1 heterocycles. The number of rotatable bonds is 2. The van der Waals surface area contributed by atoms with Crippen molar-refractivity contribution in [2.24, 2.45) is 0 Å². The van der Waals surface area contributed by atoms with E-state index in [1.54, 1.807) is 6.20 Å². The number of hydrogen-bond acceptors (Lipinski definition) is 4. The van der Waals surface area contributed by atoms with Gasteiger partial charge in [0.05, 0.1) is 11.3 Å². The lowest BCUT2D eigenvalue weighted by atomic mass is 10.1. The van der Waals surface area contributed by atoms with Crippen LogP contribution in [0.25, 0.3) is 0 Å². The molecule has 4 nitrogen and oxygen atoms in total. The molecule has 16 heavy (non-hydrogen) atoms. The van der Waals surface area contributed by atoms with Crippen molar-refractivity contribution in [3.63, 3.8) is 0 Å². The summed E-state index contributed by atoms with van der Waals surface area (Å²) < 4.78 is 0. The van der Waals surface area contributed by atoms with Crippen LogP contribution in [0, 0.1) is 0 Å². The van der Waals surface area contributed by atoms with Crippen LogP contribution in [0.4, 0.5) is 5.95 Å². The average molecular weight is 217 g/mol. The van der Waals surface area contributed by atoms with Crippen molar-refractivity contribution < 1.29 is 4.79 Å². The van der Waals surface area contributed by atoms with E-state index in [-0.39, 0.29) is 5.78 Å². The van der Waals surface area contributed by atoms with Gasteiger partial charge in [-0.25, -0.2) is 9.97 Å². The van der Waals surface area contributed by atoms with Gasteiger partial charge in [0.25, 0.3) is 0 Å². The van der Waals surface area contributed by atoms with E-state index in [9.17, 15) is 4.79 Å². The molecule has 0 saturated heterocycles. The minimum Gasteiger partial charge on any atom is -0.351 e. The molecule has 1 N–H and O–H groups in total. The summed E-state index contributed by atoms with van der Waals surface area (Å²) in [5, 5.41) is 3.27. The van der Waals surface area contributed by atoms with Crippen LogP contribution in [0.15, 0.2) is 6.20 Å². The molecule has 3 rings (SSSR count). The summed E-state index contributed by atoms with van der Waals surface area (Å²) in [6.07, 6.45) is 7.69. The van der Waals surface area contributed by atoms with Crippen LogP contribution in [-0.4, -0.2) is 21.8 Å². The molecule has 84 valence electrons. The van der Waals surface area contributed by atoms with Gasteiger partial charge in [0.1, 0.15) is 0 Å². The van der Waals surface area contributed by atoms with Crippen molar-refractivity contribution in [1.82, 2.24) is 9.97 Å². The molecule has 0 aliphatic heterocycles. The second kappa shape index (κ2) is 3.85. The Morgan fingerprint density at radius 3 is 2.88 bits per heavy atom. The number of ketones is 1. The summed E-state index contributed by atoms with van der Waals surface area (Å²) in [4.78, 5) is 20.4. The number of anilines is 1.